The average molecular weight is 210 g/mol. The van der Waals surface area contributed by atoms with Crippen LogP contribution in [-0.2, 0) is 0 Å². The molecule has 0 bridgehead atoms. The normalized spacial score (nSPS) is 11.5. The first-order valence-corrected chi connectivity index (χ1v) is 4.33. The van der Waals surface area contributed by atoms with Gasteiger partial charge in [-0.25, -0.2) is 4.98 Å². The highest BCUT2D eigenvalue weighted by atomic mass is 35.5. The molecular weight excluding hydrogens is 202 g/mol. The van der Waals surface area contributed by atoms with Crippen LogP contribution in [-0.4, -0.2) is 16.9 Å². The first-order chi connectivity index (χ1) is 6.63. The highest BCUT2D eigenvalue weighted by molar-refractivity contribution is 6.29. The number of pyridine rings is 1. The average Bonchev–Trinajstić information content (AvgIpc) is 2.18. The zero-order chi connectivity index (χ0) is 10.6. The second-order valence-corrected chi connectivity index (χ2v) is 3.08. The van der Waals surface area contributed by atoms with Crippen molar-refractivity contribution in [2.75, 3.05) is 0 Å². The second-order valence-electron chi connectivity index (χ2n) is 2.69. The third kappa shape index (κ3) is 2.71. The van der Waals surface area contributed by atoms with Crippen LogP contribution >= 0.6 is 11.6 Å². The molecule has 0 radical (unpaired) electrons. The van der Waals surface area contributed by atoms with E-state index in [1.54, 1.807) is 13.0 Å². The fourth-order valence-corrected chi connectivity index (χ4v) is 0.934. The minimum atomic E-state index is -0.516. The van der Waals surface area contributed by atoms with Gasteiger partial charge in [0, 0.05) is 6.20 Å². The van der Waals surface area contributed by atoms with E-state index in [0.29, 0.717) is 10.7 Å². The second kappa shape index (κ2) is 4.58. The molecule has 1 N–H and O–H groups in total. The van der Waals surface area contributed by atoms with E-state index in [0.717, 1.165) is 0 Å². The van der Waals surface area contributed by atoms with Crippen molar-refractivity contribution in [3.63, 3.8) is 0 Å². The fraction of sp³-hybridized carbons (Fsp3) is 0.222. The Hall–Kier alpha value is -1.60. The van der Waals surface area contributed by atoms with E-state index in [2.05, 4.69) is 10.3 Å². The fourth-order valence-electron chi connectivity index (χ4n) is 0.822. The molecule has 0 aliphatic rings. The first-order valence-electron chi connectivity index (χ1n) is 3.95. The van der Waals surface area contributed by atoms with Crippen molar-refractivity contribution in [1.29, 1.82) is 5.26 Å². The van der Waals surface area contributed by atoms with Crippen molar-refractivity contribution >= 4 is 17.5 Å². The minimum Gasteiger partial charge on any atom is -0.336 e. The van der Waals surface area contributed by atoms with E-state index in [9.17, 15) is 4.79 Å². The molecule has 0 saturated heterocycles. The van der Waals surface area contributed by atoms with Gasteiger partial charge in [-0.2, -0.15) is 5.26 Å². The Morgan fingerprint density at radius 1 is 1.71 bits per heavy atom. The lowest BCUT2D eigenvalue weighted by Gasteiger charge is -2.05. The number of amides is 1. The molecule has 0 fully saturated rings. The number of carbonyl (C=O) groups is 1. The molecule has 0 aliphatic heterocycles. The van der Waals surface area contributed by atoms with Gasteiger partial charge in [-0.1, -0.05) is 11.6 Å². The number of halogens is 1. The molecule has 5 heteroatoms. The predicted molar refractivity (Wildman–Crippen MR) is 51.8 cm³/mol. The van der Waals surface area contributed by atoms with Crippen LogP contribution in [0.2, 0.25) is 5.15 Å². The standard InChI is InChI=1S/C9H8ClN3O/c1-6(4-11)13-9(14)7-2-3-8(10)12-5-7/h2-3,5-6H,1H3,(H,13,14). The Balaban J connectivity index is 2.71. The third-order valence-corrected chi connectivity index (χ3v) is 1.75. The van der Waals surface area contributed by atoms with Crippen molar-refractivity contribution in [3.05, 3.63) is 29.0 Å². The van der Waals surface area contributed by atoms with Gasteiger partial charge in [0.05, 0.1) is 11.6 Å². The summed E-state index contributed by atoms with van der Waals surface area (Å²) < 4.78 is 0. The Morgan fingerprint density at radius 3 is 2.93 bits per heavy atom. The van der Waals surface area contributed by atoms with E-state index >= 15 is 0 Å². The summed E-state index contributed by atoms with van der Waals surface area (Å²) in [6.07, 6.45) is 1.36. The van der Waals surface area contributed by atoms with Gasteiger partial charge >= 0.3 is 0 Å². The van der Waals surface area contributed by atoms with Gasteiger partial charge in [-0.15, -0.1) is 0 Å². The van der Waals surface area contributed by atoms with Crippen LogP contribution in [0.25, 0.3) is 0 Å². The maximum Gasteiger partial charge on any atom is 0.253 e. The maximum atomic E-state index is 11.4. The number of hydrogen-bond donors (Lipinski definition) is 1. The zero-order valence-corrected chi connectivity index (χ0v) is 8.25. The van der Waals surface area contributed by atoms with E-state index in [4.69, 9.17) is 16.9 Å². The van der Waals surface area contributed by atoms with E-state index in [1.165, 1.54) is 12.3 Å². The molecule has 4 nitrogen and oxygen atoms in total. The monoisotopic (exact) mass is 209 g/mol. The molecular formula is C9H8ClN3O. The summed E-state index contributed by atoms with van der Waals surface area (Å²) in [5.74, 6) is -0.330. The molecule has 0 spiro atoms. The summed E-state index contributed by atoms with van der Waals surface area (Å²) >= 11 is 5.55. The van der Waals surface area contributed by atoms with Gasteiger partial charge in [0.25, 0.3) is 5.91 Å². The van der Waals surface area contributed by atoms with Gasteiger partial charge in [-0.05, 0) is 19.1 Å². The number of nitrogens with zero attached hydrogens (tertiary/aromatic N) is 2. The van der Waals surface area contributed by atoms with Crippen LogP contribution in [0.1, 0.15) is 17.3 Å². The molecule has 1 unspecified atom stereocenters. The zero-order valence-electron chi connectivity index (χ0n) is 7.49. The number of nitriles is 1. The van der Waals surface area contributed by atoms with Gasteiger partial charge in [0.2, 0.25) is 0 Å². The highest BCUT2D eigenvalue weighted by Gasteiger charge is 2.08. The lowest BCUT2D eigenvalue weighted by Crippen LogP contribution is -2.31. The topological polar surface area (TPSA) is 65.8 Å². The van der Waals surface area contributed by atoms with Crippen LogP contribution in [0.15, 0.2) is 18.3 Å². The van der Waals surface area contributed by atoms with Crippen molar-refractivity contribution in [3.8, 4) is 6.07 Å². The minimum absolute atomic E-state index is 0.329. The van der Waals surface area contributed by atoms with E-state index in [-0.39, 0.29) is 5.91 Å². The molecule has 1 amide bonds. The molecule has 1 aromatic heterocycles. The lowest BCUT2D eigenvalue weighted by molar-refractivity contribution is 0.0947. The van der Waals surface area contributed by atoms with Crippen LogP contribution in [0.4, 0.5) is 0 Å². The number of nitrogens with one attached hydrogen (secondary N) is 1. The van der Waals surface area contributed by atoms with Gasteiger partial charge < -0.3 is 5.32 Å². The highest BCUT2D eigenvalue weighted by Crippen LogP contribution is 2.05. The van der Waals surface area contributed by atoms with E-state index in [1.807, 2.05) is 6.07 Å². The Morgan fingerprint density at radius 2 is 2.43 bits per heavy atom. The summed E-state index contributed by atoms with van der Waals surface area (Å²) in [7, 11) is 0. The van der Waals surface area contributed by atoms with Gasteiger partial charge in [0.15, 0.2) is 0 Å². The van der Waals surface area contributed by atoms with Crippen LogP contribution < -0.4 is 5.32 Å². The first kappa shape index (κ1) is 10.5. The summed E-state index contributed by atoms with van der Waals surface area (Å²) in [6.45, 7) is 1.60. The summed E-state index contributed by atoms with van der Waals surface area (Å²) in [4.78, 5) is 15.1. The van der Waals surface area contributed by atoms with Crippen molar-refractivity contribution in [2.45, 2.75) is 13.0 Å². The molecule has 1 aromatic rings. The molecule has 0 aromatic carbocycles. The van der Waals surface area contributed by atoms with E-state index < -0.39 is 6.04 Å². The largest absolute Gasteiger partial charge is 0.336 e. The summed E-state index contributed by atoms with van der Waals surface area (Å²) in [5.41, 5.74) is 0.386. The molecule has 14 heavy (non-hydrogen) atoms. The number of rotatable bonds is 2. The van der Waals surface area contributed by atoms with Crippen molar-refractivity contribution < 1.29 is 4.79 Å². The molecule has 1 heterocycles. The third-order valence-electron chi connectivity index (χ3n) is 1.53. The SMILES string of the molecule is CC(C#N)NC(=O)c1ccc(Cl)nc1. The van der Waals surface area contributed by atoms with Crippen molar-refractivity contribution in [2.24, 2.45) is 0 Å². The van der Waals surface area contributed by atoms with Crippen LogP contribution in [0.5, 0.6) is 0 Å². The quantitative estimate of drug-likeness (QED) is 0.749. The lowest BCUT2D eigenvalue weighted by atomic mass is 10.2. The smallest absolute Gasteiger partial charge is 0.253 e. The van der Waals surface area contributed by atoms with Crippen LogP contribution in [0.3, 0.4) is 0 Å². The molecule has 0 aliphatic carbocycles. The van der Waals surface area contributed by atoms with Gasteiger partial charge in [-0.3, -0.25) is 4.79 Å². The van der Waals surface area contributed by atoms with Crippen molar-refractivity contribution in [1.82, 2.24) is 10.3 Å². The van der Waals surface area contributed by atoms with Crippen LogP contribution in [0, 0.1) is 11.3 Å². The Labute approximate surface area is 86.5 Å². The number of aromatic nitrogens is 1. The molecule has 1 atom stereocenters. The van der Waals surface area contributed by atoms with Gasteiger partial charge in [0.1, 0.15) is 11.2 Å². The number of hydrogen-bond acceptors (Lipinski definition) is 3. The molecule has 0 saturated carbocycles. The Bertz CT molecular complexity index is 369. The maximum absolute atomic E-state index is 11.4. The number of carbonyl (C=O) groups excluding carboxylic acids is 1. The predicted octanol–water partition coefficient (Wildman–Crippen LogP) is 1.38. The summed E-state index contributed by atoms with van der Waals surface area (Å²) in [5, 5.41) is 11.3. The Kier molecular flexibility index (Phi) is 3.43. The molecule has 1 rings (SSSR count). The summed E-state index contributed by atoms with van der Waals surface area (Å²) in [6, 6.07) is 4.45. The molecule has 72 valence electrons.